The van der Waals surface area contributed by atoms with Crippen molar-refractivity contribution >= 4 is 17.4 Å². The van der Waals surface area contributed by atoms with Crippen molar-refractivity contribution in [2.45, 2.75) is 38.8 Å². The van der Waals surface area contributed by atoms with Crippen LogP contribution in [0.4, 0.5) is 0 Å². The van der Waals surface area contributed by atoms with Gasteiger partial charge in [-0.25, -0.2) is 0 Å². The predicted molar refractivity (Wildman–Crippen MR) is 99.0 cm³/mol. The lowest BCUT2D eigenvalue weighted by atomic mass is 10.1. The Kier molecular flexibility index (Phi) is 6.39. The van der Waals surface area contributed by atoms with E-state index in [0.29, 0.717) is 17.1 Å². The molecule has 2 aromatic heterocycles. The predicted octanol–water partition coefficient (Wildman–Crippen LogP) is 0.499. The smallest absolute Gasteiger partial charge is 0.227 e. The summed E-state index contributed by atoms with van der Waals surface area (Å²) in [5.74, 6) is 2.04. The van der Waals surface area contributed by atoms with Crippen molar-refractivity contribution < 1.29 is 26.3 Å². The second-order valence-corrected chi connectivity index (χ2v) is 7.03. The molecule has 4 rings (SSSR count). The average molecular weight is 448 g/mol. The lowest BCUT2D eigenvalue weighted by molar-refractivity contribution is -0.683. The van der Waals surface area contributed by atoms with Gasteiger partial charge in [-0.15, -0.1) is 10.2 Å². The normalized spacial score (nSPS) is 13.4. The molecular formula is C20H20BrClN4O. The number of rotatable bonds is 4. The quantitative estimate of drug-likeness (QED) is 0.432. The third-order valence-electron chi connectivity index (χ3n) is 4.75. The molecule has 0 N–H and O–H groups in total. The summed E-state index contributed by atoms with van der Waals surface area (Å²) in [6.07, 6.45) is 8.42. The molecule has 5 nitrogen and oxygen atoms in total. The molecule has 0 atom stereocenters. The number of Topliss-reactive ketones (excluding diaryl/α,β-unsaturated/α-hetero) is 1. The molecule has 0 fully saturated rings. The van der Waals surface area contributed by atoms with Crippen LogP contribution in [0.5, 0.6) is 0 Å². The van der Waals surface area contributed by atoms with Crippen LogP contribution in [0.1, 0.15) is 35.4 Å². The first-order valence-electron chi connectivity index (χ1n) is 8.91. The SMILES string of the molecule is O=C(C[n+]1ccc(-c2nnc3n2CCCCC3)cc1)c1ccc(Cl)cc1.[Br-]. The molecule has 0 bridgehead atoms. The summed E-state index contributed by atoms with van der Waals surface area (Å²) in [7, 11) is 0. The van der Waals surface area contributed by atoms with Gasteiger partial charge >= 0.3 is 0 Å². The number of carbonyl (C=O) groups is 1. The van der Waals surface area contributed by atoms with E-state index < -0.39 is 0 Å². The Morgan fingerprint density at radius 3 is 2.52 bits per heavy atom. The number of benzene rings is 1. The van der Waals surface area contributed by atoms with Crippen LogP contribution < -0.4 is 21.5 Å². The van der Waals surface area contributed by atoms with Gasteiger partial charge in [-0.05, 0) is 37.1 Å². The Hall–Kier alpha value is -2.05. The topological polar surface area (TPSA) is 51.7 Å². The summed E-state index contributed by atoms with van der Waals surface area (Å²) in [5.41, 5.74) is 1.69. The molecule has 0 saturated heterocycles. The zero-order chi connectivity index (χ0) is 17.9. The van der Waals surface area contributed by atoms with Crippen molar-refractivity contribution in [3.8, 4) is 11.4 Å². The highest BCUT2D eigenvalue weighted by Gasteiger charge is 2.17. The lowest BCUT2D eigenvalue weighted by Gasteiger charge is -2.06. The van der Waals surface area contributed by atoms with Crippen molar-refractivity contribution in [2.24, 2.45) is 0 Å². The number of aromatic nitrogens is 4. The number of ketones is 1. The first-order chi connectivity index (χ1) is 12.7. The summed E-state index contributed by atoms with van der Waals surface area (Å²) in [5, 5.41) is 9.36. The Morgan fingerprint density at radius 2 is 1.78 bits per heavy atom. The van der Waals surface area contributed by atoms with Gasteiger partial charge in [0.15, 0.2) is 18.2 Å². The average Bonchev–Trinajstić information content (AvgIpc) is 2.91. The lowest BCUT2D eigenvalue weighted by Crippen LogP contribution is -3.00. The summed E-state index contributed by atoms with van der Waals surface area (Å²) in [4.78, 5) is 12.4. The number of halogens is 2. The van der Waals surface area contributed by atoms with Crippen LogP contribution >= 0.6 is 11.6 Å². The molecule has 1 aliphatic rings. The molecule has 1 aromatic carbocycles. The van der Waals surface area contributed by atoms with Crippen LogP contribution in [0.3, 0.4) is 0 Å². The standard InChI is InChI=1S/C20H20ClN4O.BrH/c21-17-7-5-15(6-8-17)18(26)14-24-12-9-16(10-13-24)20-23-22-19-4-2-1-3-11-25(19)20;/h5-10,12-13H,1-4,11,14H2;1H/q+1;/p-1. The zero-order valence-electron chi connectivity index (χ0n) is 14.8. The first-order valence-corrected chi connectivity index (χ1v) is 9.29. The van der Waals surface area contributed by atoms with Crippen molar-refractivity contribution in [3.63, 3.8) is 0 Å². The summed E-state index contributed by atoms with van der Waals surface area (Å²) in [6.45, 7) is 1.27. The highest BCUT2D eigenvalue weighted by molar-refractivity contribution is 6.30. The van der Waals surface area contributed by atoms with Crippen LogP contribution in [-0.2, 0) is 19.5 Å². The second-order valence-electron chi connectivity index (χ2n) is 6.59. The molecule has 27 heavy (non-hydrogen) atoms. The minimum Gasteiger partial charge on any atom is -1.00 e. The molecule has 0 amide bonds. The fraction of sp³-hybridized carbons (Fsp3) is 0.300. The maximum Gasteiger partial charge on any atom is 0.227 e. The van der Waals surface area contributed by atoms with E-state index in [4.69, 9.17) is 11.6 Å². The van der Waals surface area contributed by atoms with Gasteiger partial charge in [-0.2, -0.15) is 4.57 Å². The molecule has 0 spiro atoms. The molecular weight excluding hydrogens is 428 g/mol. The molecule has 3 heterocycles. The highest BCUT2D eigenvalue weighted by Crippen LogP contribution is 2.21. The molecule has 0 unspecified atom stereocenters. The Labute approximate surface area is 173 Å². The van der Waals surface area contributed by atoms with E-state index >= 15 is 0 Å². The first kappa shape index (κ1) is 19.7. The summed E-state index contributed by atoms with van der Waals surface area (Å²) in [6, 6.07) is 11.0. The van der Waals surface area contributed by atoms with Crippen molar-refractivity contribution in [1.82, 2.24) is 14.8 Å². The minimum atomic E-state index is 0. The number of hydrogen-bond acceptors (Lipinski definition) is 3. The van der Waals surface area contributed by atoms with Gasteiger partial charge < -0.3 is 21.5 Å². The van der Waals surface area contributed by atoms with Crippen LogP contribution in [0, 0.1) is 0 Å². The maximum atomic E-state index is 12.4. The maximum absolute atomic E-state index is 12.4. The van der Waals surface area contributed by atoms with E-state index in [9.17, 15) is 4.79 Å². The van der Waals surface area contributed by atoms with Crippen molar-refractivity contribution in [2.75, 3.05) is 0 Å². The van der Waals surface area contributed by atoms with Gasteiger partial charge in [0.05, 0.1) is 0 Å². The third kappa shape index (κ3) is 4.45. The summed E-state index contributed by atoms with van der Waals surface area (Å²) >= 11 is 5.87. The van der Waals surface area contributed by atoms with Crippen molar-refractivity contribution in [1.29, 1.82) is 0 Å². The van der Waals surface area contributed by atoms with Crippen LogP contribution in [0.15, 0.2) is 48.8 Å². The van der Waals surface area contributed by atoms with Crippen LogP contribution in [0.25, 0.3) is 11.4 Å². The number of nitrogens with zero attached hydrogens (tertiary/aromatic N) is 4. The fourth-order valence-corrected chi connectivity index (χ4v) is 3.43. The molecule has 0 aliphatic carbocycles. The molecule has 0 saturated carbocycles. The highest BCUT2D eigenvalue weighted by atomic mass is 79.9. The van der Waals surface area contributed by atoms with Gasteiger partial charge in [0.2, 0.25) is 12.3 Å². The van der Waals surface area contributed by atoms with E-state index in [1.807, 2.05) is 29.1 Å². The molecule has 0 radical (unpaired) electrons. The Bertz CT molecular complexity index is 922. The molecule has 3 aromatic rings. The Balaban J connectivity index is 0.00000210. The summed E-state index contributed by atoms with van der Waals surface area (Å²) < 4.78 is 4.10. The van der Waals surface area contributed by atoms with E-state index in [0.717, 1.165) is 30.2 Å². The molecule has 140 valence electrons. The fourth-order valence-electron chi connectivity index (χ4n) is 3.30. The van der Waals surface area contributed by atoms with Gasteiger partial charge in [0.1, 0.15) is 5.82 Å². The third-order valence-corrected chi connectivity index (χ3v) is 5.00. The van der Waals surface area contributed by atoms with Crippen molar-refractivity contribution in [3.05, 3.63) is 65.2 Å². The van der Waals surface area contributed by atoms with Gasteiger partial charge in [0.25, 0.3) is 0 Å². The number of carbonyl (C=O) groups excluding carboxylic acids is 1. The minimum absolute atomic E-state index is 0. The van der Waals surface area contributed by atoms with Gasteiger partial charge in [-0.3, -0.25) is 4.79 Å². The second kappa shape index (κ2) is 8.76. The van der Waals surface area contributed by atoms with Crippen LogP contribution in [-0.4, -0.2) is 20.5 Å². The largest absolute Gasteiger partial charge is 1.00 e. The number of aryl methyl sites for hydroxylation is 1. The van der Waals surface area contributed by atoms with Gasteiger partial charge in [0, 0.05) is 41.2 Å². The Morgan fingerprint density at radius 1 is 1.04 bits per heavy atom. The molecule has 1 aliphatic heterocycles. The van der Waals surface area contributed by atoms with Gasteiger partial charge in [-0.1, -0.05) is 18.0 Å². The number of fused-ring (bicyclic) bond motifs is 1. The number of pyridine rings is 1. The number of hydrogen-bond donors (Lipinski definition) is 0. The van der Waals surface area contributed by atoms with Crippen LogP contribution in [0.2, 0.25) is 5.02 Å². The molecule has 7 heteroatoms. The van der Waals surface area contributed by atoms with E-state index in [1.165, 1.54) is 19.3 Å². The van der Waals surface area contributed by atoms with E-state index in [-0.39, 0.29) is 22.8 Å². The van der Waals surface area contributed by atoms with E-state index in [2.05, 4.69) is 14.8 Å². The van der Waals surface area contributed by atoms with E-state index in [1.54, 1.807) is 24.3 Å². The monoisotopic (exact) mass is 446 g/mol. The zero-order valence-corrected chi connectivity index (χ0v) is 17.2.